The van der Waals surface area contributed by atoms with Crippen molar-refractivity contribution >= 4 is 16.9 Å². The van der Waals surface area contributed by atoms with Crippen molar-refractivity contribution in [3.05, 3.63) is 94.3 Å². The Hall–Kier alpha value is -4.75. The van der Waals surface area contributed by atoms with Crippen molar-refractivity contribution in [2.24, 2.45) is 11.8 Å². The Balaban J connectivity index is 1.29. The molecule has 14 heteroatoms. The third kappa shape index (κ3) is 5.32. The van der Waals surface area contributed by atoms with Crippen LogP contribution in [-0.4, -0.2) is 35.9 Å². The van der Waals surface area contributed by atoms with E-state index in [1.165, 1.54) is 6.20 Å². The number of pyridine rings is 2. The summed E-state index contributed by atoms with van der Waals surface area (Å²) in [5.74, 6) is -8.14. The van der Waals surface area contributed by atoms with E-state index >= 15 is 8.78 Å². The molecule has 4 heterocycles. The predicted octanol–water partition coefficient (Wildman–Crippen LogP) is 7.11. The summed E-state index contributed by atoms with van der Waals surface area (Å²) in [6, 6.07) is 7.31. The highest BCUT2D eigenvalue weighted by molar-refractivity contribution is 5.83. The van der Waals surface area contributed by atoms with Gasteiger partial charge in [-0.15, -0.1) is 0 Å². The molecule has 7 rings (SSSR count). The number of amides is 1. The summed E-state index contributed by atoms with van der Waals surface area (Å²) in [4.78, 5) is 22.9. The Kier molecular flexibility index (Phi) is 7.36. The summed E-state index contributed by atoms with van der Waals surface area (Å²) in [5, 5.41) is 13.4. The minimum absolute atomic E-state index is 0.154. The Morgan fingerprint density at radius 1 is 1.06 bits per heavy atom. The van der Waals surface area contributed by atoms with Crippen LogP contribution < -0.4 is 5.32 Å². The van der Waals surface area contributed by atoms with Crippen molar-refractivity contribution in [2.75, 3.05) is 0 Å². The van der Waals surface area contributed by atoms with Gasteiger partial charge in [-0.1, -0.05) is 26.8 Å². The van der Waals surface area contributed by atoms with Crippen molar-refractivity contribution in [1.82, 2.24) is 35.3 Å². The summed E-state index contributed by atoms with van der Waals surface area (Å²) in [5.41, 5.74) is 1.85. The molecule has 3 unspecified atom stereocenters. The van der Waals surface area contributed by atoms with Crippen LogP contribution in [0.3, 0.4) is 0 Å². The van der Waals surface area contributed by atoms with Gasteiger partial charge in [0.1, 0.15) is 35.1 Å². The zero-order valence-electron chi connectivity index (χ0n) is 25.4. The van der Waals surface area contributed by atoms with Gasteiger partial charge in [0.15, 0.2) is 0 Å². The van der Waals surface area contributed by atoms with Crippen LogP contribution in [0.5, 0.6) is 0 Å². The molecule has 0 spiro atoms. The summed E-state index contributed by atoms with van der Waals surface area (Å²) in [7, 11) is 0. The van der Waals surface area contributed by atoms with Gasteiger partial charge in [-0.2, -0.15) is 19.0 Å². The van der Waals surface area contributed by atoms with Gasteiger partial charge in [0, 0.05) is 46.5 Å². The van der Waals surface area contributed by atoms with Gasteiger partial charge in [0.2, 0.25) is 5.91 Å². The second-order valence-corrected chi connectivity index (χ2v) is 12.6. The van der Waals surface area contributed by atoms with Crippen LogP contribution in [-0.2, 0) is 23.7 Å². The summed E-state index contributed by atoms with van der Waals surface area (Å²) in [6.07, 6.45) is -0.142. The number of nitrogens with zero attached hydrogens (tertiary/aromatic N) is 5. The van der Waals surface area contributed by atoms with Gasteiger partial charge in [0.05, 0.1) is 23.4 Å². The fraction of sp³-hybridized carbons (Fsp3) is 0.364. The molecule has 0 aliphatic heterocycles. The minimum atomic E-state index is -3.44. The molecule has 8 nitrogen and oxygen atoms in total. The SMILES string of the molecule is CC(C)c1ccc(-c2cc3[nH]ncc3nc2C(Cc2cc(F)cc(F)c2)NC(=O)Cn2nc(C(F)F)c3c2C(F)(F)C2C3[C@H]2C)cn1. The molecule has 2 aliphatic rings. The van der Waals surface area contributed by atoms with Crippen molar-refractivity contribution in [1.29, 1.82) is 0 Å². The van der Waals surface area contributed by atoms with E-state index in [0.29, 0.717) is 32.9 Å². The lowest BCUT2D eigenvalue weighted by molar-refractivity contribution is -0.123. The molecular weight excluding hydrogens is 624 g/mol. The Labute approximate surface area is 264 Å². The smallest absolute Gasteiger partial charge is 0.293 e. The predicted molar refractivity (Wildman–Crippen MR) is 159 cm³/mol. The number of alkyl halides is 4. The standard InChI is InChI=1S/C33H29F6N7O/c1-14(2)21-5-4-17(11-40-21)20-10-22-24(12-41-44-22)43-29(20)23(8-16-6-18(34)9-19(35)7-16)42-25(47)13-46-31-27(30(45-46)32(36)37)26-15(3)28(26)33(31,38)39/h4-7,9-12,14-15,23,26,28,32H,8,13H2,1-3H3,(H,41,44)(H,42,47)/t15-,23?,26?,28?/m1/s1. The molecule has 0 saturated heterocycles. The zero-order chi connectivity index (χ0) is 33.4. The van der Waals surface area contributed by atoms with Gasteiger partial charge in [-0.05, 0) is 48.1 Å². The molecule has 1 amide bonds. The minimum Gasteiger partial charge on any atom is -0.346 e. The highest BCUT2D eigenvalue weighted by Crippen LogP contribution is 2.71. The van der Waals surface area contributed by atoms with Crippen molar-refractivity contribution in [2.45, 2.75) is 64.0 Å². The third-order valence-corrected chi connectivity index (χ3v) is 9.13. The van der Waals surface area contributed by atoms with Crippen LogP contribution in [0.4, 0.5) is 26.3 Å². The maximum atomic E-state index is 15.4. The van der Waals surface area contributed by atoms with Gasteiger partial charge >= 0.3 is 0 Å². The first-order valence-electron chi connectivity index (χ1n) is 15.1. The number of aromatic nitrogens is 6. The number of fused-ring (bicyclic) bond motifs is 4. The van der Waals surface area contributed by atoms with E-state index in [-0.39, 0.29) is 29.2 Å². The van der Waals surface area contributed by atoms with Crippen LogP contribution in [0.25, 0.3) is 22.2 Å². The maximum Gasteiger partial charge on any atom is 0.293 e. The quantitative estimate of drug-likeness (QED) is 0.165. The number of hydrogen-bond acceptors (Lipinski definition) is 5. The molecule has 4 atom stereocenters. The lowest BCUT2D eigenvalue weighted by atomic mass is 9.95. The van der Waals surface area contributed by atoms with Crippen LogP contribution in [0, 0.1) is 23.5 Å². The molecule has 47 heavy (non-hydrogen) atoms. The normalized spacial score (nSPS) is 20.1. The first kappa shape index (κ1) is 30.9. The van der Waals surface area contributed by atoms with Gasteiger partial charge in [-0.3, -0.25) is 19.6 Å². The van der Waals surface area contributed by atoms with E-state index in [1.54, 1.807) is 19.2 Å². The lowest BCUT2D eigenvalue weighted by Gasteiger charge is -2.23. The molecule has 0 radical (unpaired) electrons. The molecular formula is C33H29F6N7O. The Bertz CT molecular complexity index is 1980. The largest absolute Gasteiger partial charge is 0.346 e. The molecule has 4 aromatic heterocycles. The van der Waals surface area contributed by atoms with Crippen LogP contribution in [0.1, 0.15) is 79.0 Å². The highest BCUT2D eigenvalue weighted by atomic mass is 19.3. The summed E-state index contributed by atoms with van der Waals surface area (Å²) in [6.45, 7) is 4.78. The van der Waals surface area contributed by atoms with Crippen LogP contribution >= 0.6 is 0 Å². The number of benzene rings is 1. The van der Waals surface area contributed by atoms with Gasteiger partial charge in [-0.25, -0.2) is 22.5 Å². The molecule has 1 saturated carbocycles. The number of hydrogen-bond donors (Lipinski definition) is 2. The van der Waals surface area contributed by atoms with E-state index < -0.39 is 71.6 Å². The van der Waals surface area contributed by atoms with Crippen LogP contribution in [0.2, 0.25) is 0 Å². The second-order valence-electron chi connectivity index (χ2n) is 12.6. The van der Waals surface area contributed by atoms with E-state index in [0.717, 1.165) is 17.8 Å². The molecule has 2 aliphatic carbocycles. The Morgan fingerprint density at radius 3 is 2.47 bits per heavy atom. The monoisotopic (exact) mass is 653 g/mol. The molecule has 1 aromatic carbocycles. The molecule has 244 valence electrons. The van der Waals surface area contributed by atoms with Crippen molar-refractivity contribution in [3.8, 4) is 11.1 Å². The molecule has 5 aromatic rings. The average Bonchev–Trinajstić information content (AvgIpc) is 3.28. The fourth-order valence-corrected chi connectivity index (χ4v) is 6.92. The fourth-order valence-electron chi connectivity index (χ4n) is 6.92. The zero-order valence-corrected chi connectivity index (χ0v) is 25.4. The van der Waals surface area contributed by atoms with E-state index in [2.05, 4.69) is 25.6 Å². The van der Waals surface area contributed by atoms with E-state index in [1.807, 2.05) is 26.0 Å². The number of carbonyl (C=O) groups is 1. The first-order valence-corrected chi connectivity index (χ1v) is 15.1. The molecule has 1 fully saturated rings. The first-order chi connectivity index (χ1) is 22.3. The van der Waals surface area contributed by atoms with Crippen molar-refractivity contribution in [3.63, 3.8) is 0 Å². The molecule has 0 bridgehead atoms. The topological polar surface area (TPSA) is 101 Å². The molecule has 2 N–H and O–H groups in total. The van der Waals surface area contributed by atoms with Crippen molar-refractivity contribution < 1.29 is 31.1 Å². The maximum absolute atomic E-state index is 15.4. The van der Waals surface area contributed by atoms with E-state index in [4.69, 9.17) is 4.98 Å². The summed E-state index contributed by atoms with van der Waals surface area (Å²) < 4.78 is 87.9. The number of H-pyrrole nitrogens is 1. The third-order valence-electron chi connectivity index (χ3n) is 9.13. The van der Waals surface area contributed by atoms with Gasteiger partial charge < -0.3 is 5.32 Å². The number of carbonyl (C=O) groups excluding carboxylic acids is 1. The Morgan fingerprint density at radius 2 is 1.81 bits per heavy atom. The van der Waals surface area contributed by atoms with Gasteiger partial charge in [0.25, 0.3) is 12.3 Å². The average molecular weight is 654 g/mol. The lowest BCUT2D eigenvalue weighted by Crippen LogP contribution is -2.35. The highest BCUT2D eigenvalue weighted by Gasteiger charge is 2.71. The number of aromatic amines is 1. The summed E-state index contributed by atoms with van der Waals surface area (Å²) >= 11 is 0. The number of halogens is 6. The number of rotatable bonds is 9. The number of nitrogens with one attached hydrogen (secondary N) is 2. The van der Waals surface area contributed by atoms with E-state index in [9.17, 15) is 22.4 Å². The van der Waals surface area contributed by atoms with Crippen LogP contribution in [0.15, 0.2) is 48.8 Å². The second kappa shape index (κ2) is 11.2.